The van der Waals surface area contributed by atoms with Crippen LogP contribution in [0.5, 0.6) is 0 Å². The average molecular weight is 381 g/mol. The fourth-order valence-corrected chi connectivity index (χ4v) is 3.32. The van der Waals surface area contributed by atoms with Crippen LogP contribution in [0.2, 0.25) is 5.02 Å². The lowest BCUT2D eigenvalue weighted by atomic mass is 10.3. The quantitative estimate of drug-likeness (QED) is 0.867. The van der Waals surface area contributed by atoms with E-state index >= 15 is 0 Å². The molecule has 0 aliphatic carbocycles. The first-order valence-electron chi connectivity index (χ1n) is 8.56. The highest BCUT2D eigenvalue weighted by molar-refractivity contribution is 6.30. The minimum atomic E-state index is 0. The number of nitrogens with zero attached hydrogens (tertiary/aromatic N) is 5. The molecule has 1 aromatic heterocycles. The Kier molecular flexibility index (Phi) is 5.81. The van der Waals surface area contributed by atoms with Crippen molar-refractivity contribution in [2.24, 2.45) is 0 Å². The number of aromatic nitrogens is 3. The number of rotatable bonds is 4. The third kappa shape index (κ3) is 4.25. The summed E-state index contributed by atoms with van der Waals surface area (Å²) in [6.07, 6.45) is 4.80. The Morgan fingerprint density at radius 1 is 0.760 bits per heavy atom. The summed E-state index contributed by atoms with van der Waals surface area (Å²) in [6.45, 7) is 4.07. The summed E-state index contributed by atoms with van der Waals surface area (Å²) in [5.74, 6) is 2.15. The lowest BCUT2D eigenvalue weighted by Gasteiger charge is -2.20. The van der Waals surface area contributed by atoms with E-state index in [4.69, 9.17) is 16.6 Å². The molecule has 1 N–H and O–H groups in total. The molecule has 0 bridgehead atoms. The van der Waals surface area contributed by atoms with E-state index in [2.05, 4.69) is 25.1 Å². The molecule has 25 heavy (non-hydrogen) atoms. The second-order valence-electron chi connectivity index (χ2n) is 6.28. The lowest BCUT2D eigenvalue weighted by Crippen LogP contribution is -2.25. The van der Waals surface area contributed by atoms with Crippen LogP contribution < -0.4 is 15.1 Å². The molecule has 0 atom stereocenters. The van der Waals surface area contributed by atoms with Gasteiger partial charge >= 0.3 is 0 Å². The number of anilines is 4. The van der Waals surface area contributed by atoms with Crippen LogP contribution in [0, 0.1) is 0 Å². The van der Waals surface area contributed by atoms with Crippen LogP contribution in [0.15, 0.2) is 24.3 Å². The van der Waals surface area contributed by atoms with Gasteiger partial charge in [0.05, 0.1) is 0 Å². The molecular formula is C17H22Cl2N6. The molecule has 3 heterocycles. The monoisotopic (exact) mass is 380 g/mol. The first-order valence-corrected chi connectivity index (χ1v) is 8.94. The third-order valence-electron chi connectivity index (χ3n) is 4.49. The van der Waals surface area contributed by atoms with E-state index in [1.165, 1.54) is 25.7 Å². The van der Waals surface area contributed by atoms with E-state index in [0.717, 1.165) is 43.8 Å². The number of hydrogen-bond acceptors (Lipinski definition) is 6. The van der Waals surface area contributed by atoms with Gasteiger partial charge < -0.3 is 15.1 Å². The molecule has 134 valence electrons. The maximum atomic E-state index is 5.95. The van der Waals surface area contributed by atoms with Crippen molar-refractivity contribution < 1.29 is 0 Å². The van der Waals surface area contributed by atoms with E-state index in [0.29, 0.717) is 11.0 Å². The molecule has 0 amide bonds. The Bertz CT molecular complexity index is 663. The van der Waals surface area contributed by atoms with Gasteiger partial charge in [0.15, 0.2) is 0 Å². The number of halogens is 2. The molecule has 1 aromatic carbocycles. The average Bonchev–Trinajstić information content (AvgIpc) is 3.30. The zero-order valence-electron chi connectivity index (χ0n) is 14.0. The summed E-state index contributed by atoms with van der Waals surface area (Å²) in [5.41, 5.74) is 0.922. The minimum Gasteiger partial charge on any atom is -0.341 e. The fraction of sp³-hybridized carbons (Fsp3) is 0.471. The van der Waals surface area contributed by atoms with Gasteiger partial charge in [0.25, 0.3) is 0 Å². The van der Waals surface area contributed by atoms with Crippen LogP contribution in [0.25, 0.3) is 0 Å². The Morgan fingerprint density at radius 3 is 1.72 bits per heavy atom. The molecule has 2 aliphatic rings. The standard InChI is InChI=1S/C17H21ClN6.ClH/c18-13-5-7-14(8-6-13)19-15-20-16(23-9-1-2-10-23)22-17(21-15)24-11-3-4-12-24;/h5-8H,1-4,9-12H2,(H,19,20,21,22);1H. The van der Waals surface area contributed by atoms with E-state index < -0.39 is 0 Å². The topological polar surface area (TPSA) is 57.2 Å². The Balaban J connectivity index is 0.00000182. The van der Waals surface area contributed by atoms with Crippen LogP contribution >= 0.6 is 24.0 Å². The van der Waals surface area contributed by atoms with Crippen molar-refractivity contribution in [3.8, 4) is 0 Å². The van der Waals surface area contributed by atoms with Crippen molar-refractivity contribution in [2.75, 3.05) is 41.3 Å². The first kappa shape index (κ1) is 18.0. The van der Waals surface area contributed by atoms with Crippen LogP contribution in [-0.2, 0) is 0 Å². The summed E-state index contributed by atoms with van der Waals surface area (Å²) < 4.78 is 0. The summed E-state index contributed by atoms with van der Waals surface area (Å²) in [7, 11) is 0. The van der Waals surface area contributed by atoms with Crippen molar-refractivity contribution in [2.45, 2.75) is 25.7 Å². The zero-order valence-corrected chi connectivity index (χ0v) is 15.6. The van der Waals surface area contributed by atoms with Crippen LogP contribution in [0.3, 0.4) is 0 Å². The molecule has 2 fully saturated rings. The van der Waals surface area contributed by atoms with Gasteiger partial charge in [-0.2, -0.15) is 15.0 Å². The molecule has 2 aliphatic heterocycles. The molecule has 4 rings (SSSR count). The second kappa shape index (κ2) is 8.06. The summed E-state index contributed by atoms with van der Waals surface area (Å²) >= 11 is 5.95. The van der Waals surface area contributed by atoms with Gasteiger partial charge in [-0.25, -0.2) is 0 Å². The smallest absolute Gasteiger partial charge is 0.233 e. The summed E-state index contributed by atoms with van der Waals surface area (Å²) in [4.78, 5) is 18.5. The molecule has 2 aromatic rings. The highest BCUT2D eigenvalue weighted by Gasteiger charge is 2.21. The van der Waals surface area contributed by atoms with Crippen molar-refractivity contribution in [1.82, 2.24) is 15.0 Å². The first-order chi connectivity index (χ1) is 11.8. The molecule has 6 nitrogen and oxygen atoms in total. The van der Waals surface area contributed by atoms with Crippen molar-refractivity contribution in [3.63, 3.8) is 0 Å². The van der Waals surface area contributed by atoms with Gasteiger partial charge in [0.2, 0.25) is 17.8 Å². The molecule has 0 radical (unpaired) electrons. The van der Waals surface area contributed by atoms with E-state index in [1.54, 1.807) is 0 Å². The molecule has 8 heteroatoms. The predicted octanol–water partition coefficient (Wildman–Crippen LogP) is 3.89. The maximum Gasteiger partial charge on any atom is 0.233 e. The molecule has 0 spiro atoms. The van der Waals surface area contributed by atoms with Crippen LogP contribution in [0.1, 0.15) is 25.7 Å². The highest BCUT2D eigenvalue weighted by Crippen LogP contribution is 2.24. The van der Waals surface area contributed by atoms with Gasteiger partial charge in [-0.3, -0.25) is 0 Å². The second-order valence-corrected chi connectivity index (χ2v) is 6.72. The minimum absolute atomic E-state index is 0. The van der Waals surface area contributed by atoms with Crippen molar-refractivity contribution in [1.29, 1.82) is 0 Å². The van der Waals surface area contributed by atoms with Gasteiger partial charge in [-0.05, 0) is 49.9 Å². The lowest BCUT2D eigenvalue weighted by molar-refractivity contribution is 0.841. The summed E-state index contributed by atoms with van der Waals surface area (Å²) in [6, 6.07) is 7.57. The molecule has 2 saturated heterocycles. The predicted molar refractivity (Wildman–Crippen MR) is 105 cm³/mol. The highest BCUT2D eigenvalue weighted by atomic mass is 35.5. The molecular weight excluding hydrogens is 359 g/mol. The molecule has 0 saturated carbocycles. The Hall–Kier alpha value is -1.79. The zero-order chi connectivity index (χ0) is 16.4. The Labute approximate surface area is 159 Å². The number of nitrogens with one attached hydrogen (secondary N) is 1. The van der Waals surface area contributed by atoms with Gasteiger partial charge in [0, 0.05) is 36.9 Å². The molecule has 0 unspecified atom stereocenters. The largest absolute Gasteiger partial charge is 0.341 e. The fourth-order valence-electron chi connectivity index (χ4n) is 3.19. The van der Waals surface area contributed by atoms with E-state index in [9.17, 15) is 0 Å². The van der Waals surface area contributed by atoms with Crippen molar-refractivity contribution in [3.05, 3.63) is 29.3 Å². The van der Waals surface area contributed by atoms with Crippen LogP contribution in [-0.4, -0.2) is 41.1 Å². The Morgan fingerprint density at radius 2 is 1.24 bits per heavy atom. The van der Waals surface area contributed by atoms with Crippen LogP contribution in [0.4, 0.5) is 23.5 Å². The summed E-state index contributed by atoms with van der Waals surface area (Å²) in [5, 5.41) is 4.00. The van der Waals surface area contributed by atoms with Gasteiger partial charge in [-0.1, -0.05) is 11.6 Å². The third-order valence-corrected chi connectivity index (χ3v) is 4.74. The van der Waals surface area contributed by atoms with E-state index in [-0.39, 0.29) is 12.4 Å². The van der Waals surface area contributed by atoms with Gasteiger partial charge in [-0.15, -0.1) is 12.4 Å². The maximum absolute atomic E-state index is 5.95. The van der Waals surface area contributed by atoms with Crippen molar-refractivity contribution >= 4 is 47.5 Å². The SMILES string of the molecule is Cl.Clc1ccc(Nc2nc(N3CCCC3)nc(N3CCCC3)n2)cc1. The number of benzene rings is 1. The van der Waals surface area contributed by atoms with Gasteiger partial charge in [0.1, 0.15) is 0 Å². The normalized spacial score (nSPS) is 16.8. The number of hydrogen-bond donors (Lipinski definition) is 1. The van der Waals surface area contributed by atoms with E-state index in [1.807, 2.05) is 24.3 Å².